The van der Waals surface area contributed by atoms with Crippen molar-refractivity contribution < 1.29 is 12.3 Å². The Morgan fingerprint density at radius 3 is 2.70 bits per heavy atom. The molecule has 2 nitrogen and oxygen atoms in total. The van der Waals surface area contributed by atoms with Gasteiger partial charge in [0.1, 0.15) is 0 Å². The Balaban J connectivity index is 3.13. The number of carbonyl (C=O) groups excluding carboxylic acids is 2. The second-order valence-electron chi connectivity index (χ2n) is 2.11. The maximum atomic E-state index is 11.1. The minimum absolute atomic E-state index is 0.107. The molecule has 0 saturated carbocycles. The topological polar surface area (TPSA) is 34.1 Å². The lowest BCUT2D eigenvalue weighted by molar-refractivity contribution is -0.115. The van der Waals surface area contributed by atoms with E-state index in [0.717, 1.165) is 6.08 Å². The number of allylic oxidation sites excluding steroid dienone is 4. The third-order valence-electron chi connectivity index (χ3n) is 1.27. The van der Waals surface area contributed by atoms with Crippen molar-refractivity contribution in [3.05, 3.63) is 23.3 Å². The summed E-state index contributed by atoms with van der Waals surface area (Å²) in [6, 6.07) is -0.273. The van der Waals surface area contributed by atoms with E-state index < -0.39 is 5.78 Å². The first-order valence-electron chi connectivity index (χ1n) is 4.05. The first-order valence-corrected chi connectivity index (χ1v) is 2.84. The minimum atomic E-state index is -0.498. The second-order valence-corrected chi connectivity index (χ2v) is 2.11. The summed E-state index contributed by atoms with van der Waals surface area (Å²) >= 11 is 0. The molecule has 0 atom stereocenters. The smallest absolute Gasteiger partial charge is 0.182 e. The highest BCUT2D eigenvalue weighted by Gasteiger charge is 2.12. The van der Waals surface area contributed by atoms with Crippen molar-refractivity contribution in [3.8, 4) is 0 Å². The summed E-state index contributed by atoms with van der Waals surface area (Å²) in [5.41, 5.74) is 0.271. The fraction of sp³-hybridized carbons (Fsp3) is 0.250. The fourth-order valence-corrected chi connectivity index (χ4v) is 0.644. The molecule has 1 aliphatic carbocycles. The van der Waals surface area contributed by atoms with Crippen molar-refractivity contribution in [2.75, 3.05) is 0 Å². The number of rotatable bonds is 0. The molecule has 0 amide bonds. The average molecular weight is 138 g/mol. The van der Waals surface area contributed by atoms with Crippen molar-refractivity contribution in [3.63, 3.8) is 0 Å². The van der Waals surface area contributed by atoms with Crippen LogP contribution in [0.4, 0.5) is 0 Å². The van der Waals surface area contributed by atoms with Crippen LogP contribution in [0, 0.1) is 0 Å². The maximum Gasteiger partial charge on any atom is 0.182 e. The Labute approximate surface area is 62.0 Å². The molecule has 0 fully saturated rings. The van der Waals surface area contributed by atoms with Gasteiger partial charge in [0.2, 0.25) is 0 Å². The Morgan fingerprint density at radius 2 is 2.10 bits per heavy atom. The van der Waals surface area contributed by atoms with E-state index in [9.17, 15) is 9.59 Å². The molecule has 0 aliphatic heterocycles. The SMILES string of the molecule is [2H]CC1=CC(=O)C(C)=C([2H])C1=O. The van der Waals surface area contributed by atoms with Gasteiger partial charge in [-0.2, -0.15) is 0 Å². The molecule has 0 saturated heterocycles. The van der Waals surface area contributed by atoms with Gasteiger partial charge in [0.15, 0.2) is 11.6 Å². The molecule has 0 bridgehead atoms. The van der Waals surface area contributed by atoms with Gasteiger partial charge in [-0.1, -0.05) is 0 Å². The van der Waals surface area contributed by atoms with Gasteiger partial charge < -0.3 is 0 Å². The molecular formula is C8H8O2. The van der Waals surface area contributed by atoms with Crippen molar-refractivity contribution in [2.24, 2.45) is 0 Å². The summed E-state index contributed by atoms with van der Waals surface area (Å²) < 4.78 is 14.2. The van der Waals surface area contributed by atoms with Crippen LogP contribution in [0.15, 0.2) is 23.3 Å². The molecule has 52 valence electrons. The molecular weight excluding hydrogens is 128 g/mol. The minimum Gasteiger partial charge on any atom is -0.290 e. The van der Waals surface area contributed by atoms with Crippen LogP contribution in [0.2, 0.25) is 0 Å². The maximum absolute atomic E-state index is 11.1. The summed E-state index contributed by atoms with van der Waals surface area (Å²) in [4.78, 5) is 22.2. The van der Waals surface area contributed by atoms with Gasteiger partial charge in [0, 0.05) is 12.5 Å². The highest BCUT2D eigenvalue weighted by molar-refractivity contribution is 6.19. The fourth-order valence-electron chi connectivity index (χ4n) is 0.644. The number of hydrogen-bond donors (Lipinski definition) is 0. The molecule has 0 aromatic carbocycles. The Bertz CT molecular complexity index is 313. The number of hydrogen-bond acceptors (Lipinski definition) is 2. The van der Waals surface area contributed by atoms with Gasteiger partial charge in [-0.3, -0.25) is 9.59 Å². The molecule has 0 spiro atoms. The summed E-state index contributed by atoms with van der Waals surface area (Å²) in [5.74, 6) is -0.830. The zero-order valence-corrected chi connectivity index (χ0v) is 5.60. The van der Waals surface area contributed by atoms with Crippen LogP contribution in [0.25, 0.3) is 0 Å². The predicted octanol–water partition coefficient (Wildman–Crippen LogP) is 1.03. The lowest BCUT2D eigenvalue weighted by Crippen LogP contribution is -2.08. The monoisotopic (exact) mass is 138 g/mol. The zero-order chi connectivity index (χ0) is 9.30. The van der Waals surface area contributed by atoms with Crippen LogP contribution in [-0.4, -0.2) is 11.6 Å². The van der Waals surface area contributed by atoms with Gasteiger partial charge in [-0.15, -0.1) is 0 Å². The van der Waals surface area contributed by atoms with E-state index in [1.165, 1.54) is 6.92 Å². The van der Waals surface area contributed by atoms with E-state index in [1.54, 1.807) is 0 Å². The van der Waals surface area contributed by atoms with Crippen LogP contribution in [-0.2, 0) is 9.59 Å². The predicted molar refractivity (Wildman–Crippen MR) is 37.5 cm³/mol. The molecule has 1 aliphatic rings. The highest BCUT2D eigenvalue weighted by atomic mass is 16.1. The third-order valence-corrected chi connectivity index (χ3v) is 1.27. The van der Waals surface area contributed by atoms with Gasteiger partial charge in [-0.25, -0.2) is 0 Å². The van der Waals surface area contributed by atoms with E-state index in [4.69, 9.17) is 2.74 Å². The van der Waals surface area contributed by atoms with Crippen LogP contribution in [0.1, 0.15) is 16.6 Å². The second kappa shape index (κ2) is 2.21. The largest absolute Gasteiger partial charge is 0.290 e. The van der Waals surface area contributed by atoms with Crippen molar-refractivity contribution in [1.29, 1.82) is 0 Å². The van der Waals surface area contributed by atoms with Gasteiger partial charge in [-0.05, 0) is 26.0 Å². The van der Waals surface area contributed by atoms with E-state index in [2.05, 4.69) is 0 Å². The van der Waals surface area contributed by atoms with Crippen LogP contribution < -0.4 is 0 Å². The molecule has 0 unspecified atom stereocenters. The lowest BCUT2D eigenvalue weighted by Gasteiger charge is -2.03. The molecule has 0 aromatic rings. The highest BCUT2D eigenvalue weighted by Crippen LogP contribution is 2.09. The molecule has 0 N–H and O–H groups in total. The molecule has 0 radical (unpaired) electrons. The van der Waals surface area contributed by atoms with Crippen molar-refractivity contribution >= 4 is 11.6 Å². The van der Waals surface area contributed by atoms with E-state index in [0.29, 0.717) is 0 Å². The first-order chi connectivity index (χ1) is 5.57. The Hall–Kier alpha value is -1.18. The van der Waals surface area contributed by atoms with E-state index in [-0.39, 0.29) is 29.9 Å². The van der Waals surface area contributed by atoms with E-state index in [1.807, 2.05) is 0 Å². The first kappa shape index (κ1) is 4.61. The summed E-state index contributed by atoms with van der Waals surface area (Å²) in [6.07, 6.45) is 1.14. The zero-order valence-electron chi connectivity index (χ0n) is 7.60. The normalized spacial score (nSPS) is 22.3. The van der Waals surface area contributed by atoms with Crippen LogP contribution >= 0.6 is 0 Å². The summed E-state index contributed by atoms with van der Waals surface area (Å²) in [7, 11) is 0. The standard InChI is InChI=1S/C8H8O2/c1-5-3-8(10)6(2)4-7(5)9/h3-4H,1-2H3/i1D,4D. The van der Waals surface area contributed by atoms with Gasteiger partial charge in [0.05, 0.1) is 1.37 Å². The van der Waals surface area contributed by atoms with Crippen LogP contribution in [0.3, 0.4) is 0 Å². The third kappa shape index (κ3) is 1.05. The van der Waals surface area contributed by atoms with Gasteiger partial charge in [0.25, 0.3) is 0 Å². The summed E-state index contributed by atoms with van der Waals surface area (Å²) in [6.45, 7) is 1.21. The summed E-state index contributed by atoms with van der Waals surface area (Å²) in [5, 5.41) is 0. The van der Waals surface area contributed by atoms with Crippen molar-refractivity contribution in [1.82, 2.24) is 0 Å². The van der Waals surface area contributed by atoms with Crippen molar-refractivity contribution in [2.45, 2.75) is 13.8 Å². The average Bonchev–Trinajstić information content (AvgIpc) is 2.08. The molecule has 2 heteroatoms. The van der Waals surface area contributed by atoms with E-state index >= 15 is 0 Å². The Kier molecular flexibility index (Phi) is 1.02. The van der Waals surface area contributed by atoms with Crippen LogP contribution in [0.5, 0.6) is 0 Å². The molecule has 0 heterocycles. The molecule has 0 aromatic heterocycles. The quantitative estimate of drug-likeness (QED) is 0.468. The Morgan fingerprint density at radius 1 is 1.40 bits per heavy atom. The van der Waals surface area contributed by atoms with Gasteiger partial charge >= 0.3 is 0 Å². The lowest BCUT2D eigenvalue weighted by atomic mass is 10.00. The number of carbonyl (C=O) groups is 2. The number of ketones is 2. The molecule has 10 heavy (non-hydrogen) atoms. The molecule has 1 rings (SSSR count).